The lowest BCUT2D eigenvalue weighted by molar-refractivity contribution is 0.639. The Kier molecular flexibility index (Phi) is 7.22. The molecule has 64 heavy (non-hydrogen) atoms. The standard InChI is InChI=1S/C63H43N/c1-62-38-63(62,2)64(43-21-4-3-5-22-43)59-34-29-42(35-58(59)62)54-36-55(47-26-12-18-39-15-6-9-23-44(39)47)51-32-33-53-57(49-28-14-20-41-17-8-11-25-46(41)49)37-56(52-31-30-50(54)60(51)61(52)53)48-27-13-19-40-16-7-10-24-45(40)48/h3-37H,38H2,1-2H3. The Morgan fingerprint density at radius 2 is 0.766 bits per heavy atom. The second-order valence-electron chi connectivity index (χ2n) is 18.8. The van der Waals surface area contributed by atoms with Gasteiger partial charge in [0.05, 0.1) is 5.54 Å². The lowest BCUT2D eigenvalue weighted by atomic mass is 9.80. The SMILES string of the molecule is CC12CC1(C)N(c1ccccc1)c1ccc(-c3cc(-c4cccc5ccccc45)c4ccc5c(-c6cccc7ccccc67)cc(-c6cccc7ccccc67)c6ccc3c4c65)cc12. The molecule has 1 aliphatic heterocycles. The monoisotopic (exact) mass is 813 g/mol. The molecule has 12 aromatic carbocycles. The first-order valence-electron chi connectivity index (χ1n) is 22.7. The van der Waals surface area contributed by atoms with Crippen molar-refractivity contribution in [3.63, 3.8) is 0 Å². The molecule has 14 rings (SSSR count). The van der Waals surface area contributed by atoms with Crippen molar-refractivity contribution in [3.8, 4) is 44.5 Å². The van der Waals surface area contributed by atoms with Crippen LogP contribution in [0.4, 0.5) is 11.4 Å². The summed E-state index contributed by atoms with van der Waals surface area (Å²) in [6.45, 7) is 4.93. The fourth-order valence-electron chi connectivity index (χ4n) is 12.2. The lowest BCUT2D eigenvalue weighted by Crippen LogP contribution is -2.30. The number of fused-ring (bicyclic) bond motifs is 6. The number of para-hydroxylation sites is 1. The summed E-state index contributed by atoms with van der Waals surface area (Å²) < 4.78 is 0. The maximum atomic E-state index is 2.61. The summed E-state index contributed by atoms with van der Waals surface area (Å²) in [7, 11) is 0. The van der Waals surface area contributed by atoms with E-state index in [2.05, 4.69) is 231 Å². The maximum absolute atomic E-state index is 2.61. The van der Waals surface area contributed by atoms with Gasteiger partial charge >= 0.3 is 0 Å². The van der Waals surface area contributed by atoms with Crippen molar-refractivity contribution in [2.75, 3.05) is 4.90 Å². The van der Waals surface area contributed by atoms with E-state index >= 15 is 0 Å². The van der Waals surface area contributed by atoms with Gasteiger partial charge in [-0.05, 0) is 164 Å². The minimum Gasteiger partial charge on any atom is -0.334 e. The number of anilines is 2. The minimum atomic E-state index is 0.0438. The lowest BCUT2D eigenvalue weighted by Gasteiger charge is -2.29. The molecule has 0 radical (unpaired) electrons. The molecule has 1 nitrogen and oxygen atoms in total. The number of benzene rings is 12. The third kappa shape index (κ3) is 4.79. The van der Waals surface area contributed by atoms with Crippen LogP contribution in [-0.2, 0) is 5.41 Å². The average molecular weight is 814 g/mol. The summed E-state index contributed by atoms with van der Waals surface area (Å²) in [5, 5.41) is 15.3. The molecule has 0 amide bonds. The van der Waals surface area contributed by atoms with Crippen molar-refractivity contribution < 1.29 is 0 Å². The van der Waals surface area contributed by atoms with E-state index in [-0.39, 0.29) is 11.0 Å². The molecular formula is C63H43N. The van der Waals surface area contributed by atoms with Crippen LogP contribution in [0.1, 0.15) is 25.8 Å². The van der Waals surface area contributed by atoms with E-state index < -0.39 is 0 Å². The molecule has 1 fully saturated rings. The van der Waals surface area contributed by atoms with Gasteiger partial charge in [0.15, 0.2) is 0 Å². The second-order valence-corrected chi connectivity index (χ2v) is 18.8. The molecule has 0 saturated heterocycles. The molecule has 2 aliphatic rings. The van der Waals surface area contributed by atoms with Crippen LogP contribution in [-0.4, -0.2) is 5.54 Å². The predicted octanol–water partition coefficient (Wildman–Crippen LogP) is 17.3. The molecule has 0 aromatic heterocycles. The van der Waals surface area contributed by atoms with Gasteiger partial charge in [-0.25, -0.2) is 0 Å². The minimum absolute atomic E-state index is 0.0438. The van der Waals surface area contributed by atoms with Crippen molar-refractivity contribution in [3.05, 3.63) is 218 Å². The molecule has 1 aliphatic carbocycles. The normalized spacial score (nSPS) is 17.9. The Morgan fingerprint density at radius 3 is 1.27 bits per heavy atom. The summed E-state index contributed by atoms with van der Waals surface area (Å²) in [5.74, 6) is 0. The Hall–Kier alpha value is -7.74. The van der Waals surface area contributed by atoms with E-state index in [0.29, 0.717) is 0 Å². The highest BCUT2D eigenvalue weighted by Crippen LogP contribution is 2.70. The Bertz CT molecular complexity index is 3800. The van der Waals surface area contributed by atoms with Crippen molar-refractivity contribution in [2.24, 2.45) is 0 Å². The number of hydrogen-bond acceptors (Lipinski definition) is 1. The van der Waals surface area contributed by atoms with Crippen molar-refractivity contribution in [2.45, 2.75) is 31.2 Å². The third-order valence-electron chi connectivity index (χ3n) is 15.6. The van der Waals surface area contributed by atoms with Crippen molar-refractivity contribution >= 4 is 76.0 Å². The van der Waals surface area contributed by atoms with Crippen molar-refractivity contribution in [1.82, 2.24) is 0 Å². The van der Waals surface area contributed by atoms with Gasteiger partial charge in [0.2, 0.25) is 0 Å². The first-order chi connectivity index (χ1) is 31.5. The van der Waals surface area contributed by atoms with Crippen LogP contribution in [0, 0.1) is 0 Å². The van der Waals surface area contributed by atoms with Gasteiger partial charge in [0, 0.05) is 16.8 Å². The first kappa shape index (κ1) is 35.8. The van der Waals surface area contributed by atoms with Crippen LogP contribution in [0.3, 0.4) is 0 Å². The molecule has 1 heterocycles. The van der Waals surface area contributed by atoms with Gasteiger partial charge in [-0.3, -0.25) is 0 Å². The molecule has 2 atom stereocenters. The topological polar surface area (TPSA) is 3.24 Å². The maximum Gasteiger partial charge on any atom is 0.0528 e. The van der Waals surface area contributed by atoms with E-state index in [1.54, 1.807) is 0 Å². The van der Waals surface area contributed by atoms with Gasteiger partial charge in [0.1, 0.15) is 0 Å². The fraction of sp³-hybridized carbons (Fsp3) is 0.0794. The zero-order valence-electron chi connectivity index (χ0n) is 35.9. The van der Waals surface area contributed by atoms with Gasteiger partial charge in [-0.1, -0.05) is 183 Å². The second kappa shape index (κ2) is 12.9. The van der Waals surface area contributed by atoms with E-state index in [9.17, 15) is 0 Å². The zero-order valence-corrected chi connectivity index (χ0v) is 35.9. The van der Waals surface area contributed by atoms with Gasteiger partial charge in [-0.15, -0.1) is 0 Å². The van der Waals surface area contributed by atoms with Crippen LogP contribution < -0.4 is 4.90 Å². The Morgan fingerprint density at radius 1 is 0.344 bits per heavy atom. The van der Waals surface area contributed by atoms with Crippen LogP contribution >= 0.6 is 0 Å². The zero-order chi connectivity index (χ0) is 42.3. The van der Waals surface area contributed by atoms with Crippen LogP contribution in [0.2, 0.25) is 0 Å². The fourth-order valence-corrected chi connectivity index (χ4v) is 12.2. The molecule has 0 spiro atoms. The Balaban J connectivity index is 1.13. The molecule has 0 N–H and O–H groups in total. The third-order valence-corrected chi connectivity index (χ3v) is 15.6. The van der Waals surface area contributed by atoms with Crippen LogP contribution in [0.5, 0.6) is 0 Å². The first-order valence-corrected chi connectivity index (χ1v) is 22.7. The molecule has 12 aromatic rings. The van der Waals surface area contributed by atoms with Crippen LogP contribution in [0.15, 0.2) is 212 Å². The molecule has 2 unspecified atom stereocenters. The largest absolute Gasteiger partial charge is 0.334 e. The summed E-state index contributed by atoms with van der Waals surface area (Å²) in [6, 6.07) is 80.0. The van der Waals surface area contributed by atoms with Crippen molar-refractivity contribution in [1.29, 1.82) is 0 Å². The summed E-state index contributed by atoms with van der Waals surface area (Å²) in [6.07, 6.45) is 1.14. The molecular weight excluding hydrogens is 771 g/mol. The van der Waals surface area contributed by atoms with E-state index in [0.717, 1.165) is 6.42 Å². The quantitative estimate of drug-likeness (QED) is 0.157. The van der Waals surface area contributed by atoms with E-state index in [4.69, 9.17) is 0 Å². The molecule has 0 bridgehead atoms. The number of nitrogens with zero attached hydrogens (tertiary/aromatic N) is 1. The highest BCUT2D eigenvalue weighted by Gasteiger charge is 2.70. The summed E-state index contributed by atoms with van der Waals surface area (Å²) in [4.78, 5) is 2.61. The molecule has 1 heteroatoms. The van der Waals surface area contributed by atoms with Gasteiger partial charge in [0.25, 0.3) is 0 Å². The Labute approximate surface area is 372 Å². The summed E-state index contributed by atoms with van der Waals surface area (Å²) in [5.41, 5.74) is 14.3. The van der Waals surface area contributed by atoms with Crippen LogP contribution in [0.25, 0.3) is 109 Å². The smallest absolute Gasteiger partial charge is 0.0528 e. The average Bonchev–Trinajstić information content (AvgIpc) is 3.87. The number of rotatable bonds is 5. The molecule has 1 saturated carbocycles. The summed E-state index contributed by atoms with van der Waals surface area (Å²) >= 11 is 0. The van der Waals surface area contributed by atoms with Gasteiger partial charge < -0.3 is 4.90 Å². The van der Waals surface area contributed by atoms with E-state index in [1.165, 1.54) is 126 Å². The highest BCUT2D eigenvalue weighted by molar-refractivity contribution is 6.33. The highest BCUT2D eigenvalue weighted by atomic mass is 15.3. The molecule has 300 valence electrons. The van der Waals surface area contributed by atoms with Gasteiger partial charge in [-0.2, -0.15) is 0 Å². The number of hydrogen-bond donors (Lipinski definition) is 0. The van der Waals surface area contributed by atoms with E-state index in [1.807, 2.05) is 0 Å². The predicted molar refractivity (Wildman–Crippen MR) is 273 cm³/mol.